The third-order valence-electron chi connectivity index (χ3n) is 3.34. The fourth-order valence-electron chi connectivity index (χ4n) is 2.59. The average Bonchev–Trinajstić information content (AvgIpc) is 2.40. The molecule has 0 atom stereocenters. The van der Waals surface area contributed by atoms with Crippen molar-refractivity contribution >= 4 is 7.82 Å². The lowest BCUT2D eigenvalue weighted by molar-refractivity contribution is -0.926. The molecule has 0 N–H and O–H groups in total. The summed E-state index contributed by atoms with van der Waals surface area (Å²) in [5.74, 6) is 0. The largest absolute Gasteiger partial charge is 0.756 e. The molecular weight excluding hydrogens is 289 g/mol. The summed E-state index contributed by atoms with van der Waals surface area (Å²) < 4.78 is 20.3. The molecule has 0 aliphatic rings. The van der Waals surface area contributed by atoms with Crippen molar-refractivity contribution in [3.63, 3.8) is 0 Å². The van der Waals surface area contributed by atoms with Gasteiger partial charge in [0.2, 0.25) is 0 Å². The Morgan fingerprint density at radius 2 is 1.14 bits per heavy atom. The molecule has 6 heteroatoms. The molecule has 0 aliphatic heterocycles. The van der Waals surface area contributed by atoms with Crippen LogP contribution in [0.15, 0.2) is 0 Å². The molecule has 0 fully saturated rings. The van der Waals surface area contributed by atoms with Crippen LogP contribution in [0, 0.1) is 0 Å². The second-order valence-corrected chi connectivity index (χ2v) is 6.52. The highest BCUT2D eigenvalue weighted by atomic mass is 31.2. The maximum Gasteiger partial charge on any atom is 0.267 e. The van der Waals surface area contributed by atoms with Gasteiger partial charge in [-0.15, -0.1) is 0 Å². The van der Waals surface area contributed by atoms with Crippen molar-refractivity contribution in [2.75, 3.05) is 39.4 Å². The summed E-state index contributed by atoms with van der Waals surface area (Å²) in [4.78, 5) is 10.4. The van der Waals surface area contributed by atoms with Crippen molar-refractivity contribution in [3.8, 4) is 0 Å². The molecular formula is C15H36NO4P. The zero-order valence-electron chi connectivity index (χ0n) is 14.9. The van der Waals surface area contributed by atoms with E-state index in [-0.39, 0.29) is 13.2 Å². The summed E-state index contributed by atoms with van der Waals surface area (Å²) in [5.41, 5.74) is 0. The van der Waals surface area contributed by atoms with E-state index in [9.17, 15) is 9.46 Å². The number of phosphoric ester groups is 1. The van der Waals surface area contributed by atoms with Crippen LogP contribution in [0.1, 0.15) is 60.8 Å². The zero-order chi connectivity index (χ0) is 16.8. The Morgan fingerprint density at radius 3 is 1.33 bits per heavy atom. The third-order valence-corrected chi connectivity index (χ3v) is 4.49. The lowest BCUT2D eigenvalue weighted by Crippen LogP contribution is -2.49. The smallest absolute Gasteiger partial charge is 0.267 e. The minimum atomic E-state index is -3.94. The molecule has 0 unspecified atom stereocenters. The summed E-state index contributed by atoms with van der Waals surface area (Å²) in [6, 6.07) is 0. The number of quaternary nitrogens is 1. The molecule has 0 radical (unpaired) electrons. The lowest BCUT2D eigenvalue weighted by atomic mass is 10.2. The highest BCUT2D eigenvalue weighted by Crippen LogP contribution is 2.37. The summed E-state index contributed by atoms with van der Waals surface area (Å²) >= 11 is 0. The van der Waals surface area contributed by atoms with Gasteiger partial charge in [-0.25, -0.2) is 0 Å². The van der Waals surface area contributed by atoms with Crippen molar-refractivity contribution in [2.45, 2.75) is 60.8 Å². The number of phosphoric acid groups is 1. The molecule has 0 aromatic heterocycles. The second kappa shape index (κ2) is 13.7. The van der Waals surface area contributed by atoms with E-state index in [0.717, 1.165) is 0 Å². The first-order chi connectivity index (χ1) is 9.86. The number of rotatable bonds is 11. The van der Waals surface area contributed by atoms with Crippen LogP contribution in [-0.2, 0) is 13.6 Å². The van der Waals surface area contributed by atoms with Crippen LogP contribution in [0.25, 0.3) is 0 Å². The number of hydrogen-bond donors (Lipinski definition) is 0. The quantitative estimate of drug-likeness (QED) is 0.430. The van der Waals surface area contributed by atoms with Crippen LogP contribution in [0.2, 0.25) is 0 Å². The first-order valence-corrected chi connectivity index (χ1v) is 9.78. The van der Waals surface area contributed by atoms with Gasteiger partial charge < -0.3 is 18.4 Å². The Balaban J connectivity index is 0. The van der Waals surface area contributed by atoms with Gasteiger partial charge >= 0.3 is 0 Å². The fourth-order valence-corrected chi connectivity index (χ4v) is 3.29. The van der Waals surface area contributed by atoms with Crippen LogP contribution in [0.5, 0.6) is 0 Å². The van der Waals surface area contributed by atoms with Gasteiger partial charge in [0.15, 0.2) is 0 Å². The highest BCUT2D eigenvalue weighted by Gasteiger charge is 2.21. The Morgan fingerprint density at radius 1 is 0.810 bits per heavy atom. The van der Waals surface area contributed by atoms with Crippen molar-refractivity contribution in [1.82, 2.24) is 0 Å². The second-order valence-electron chi connectivity index (χ2n) is 5.11. The molecule has 0 aliphatic carbocycles. The van der Waals surface area contributed by atoms with E-state index in [2.05, 4.69) is 36.7 Å². The maximum atomic E-state index is 10.4. The number of hydrogen-bond acceptors (Lipinski definition) is 4. The molecule has 130 valence electrons. The standard InChI is InChI=1S/C11H26N.C4H11O4P/c1-5-9-12(8-4,10-6-2)11-7-3;1-3-7-9(5,6)8-4-2/h5-11H2,1-4H3;3-4H2,1-2H3,(H,5,6)/q+1;/p-1. The van der Waals surface area contributed by atoms with Gasteiger partial charge in [0.25, 0.3) is 7.82 Å². The molecule has 0 rings (SSSR count). The maximum absolute atomic E-state index is 10.4. The molecule has 0 aromatic rings. The van der Waals surface area contributed by atoms with Crippen LogP contribution >= 0.6 is 7.82 Å². The minimum absolute atomic E-state index is 0.126. The van der Waals surface area contributed by atoms with E-state index >= 15 is 0 Å². The molecule has 5 nitrogen and oxygen atoms in total. The SMILES string of the molecule is CCC[N+](CC)(CCC)CCC.CCOP(=O)([O-])OCC. The van der Waals surface area contributed by atoms with Gasteiger partial charge in [-0.2, -0.15) is 0 Å². The van der Waals surface area contributed by atoms with Gasteiger partial charge in [0.05, 0.1) is 39.4 Å². The van der Waals surface area contributed by atoms with E-state index < -0.39 is 7.82 Å². The summed E-state index contributed by atoms with van der Waals surface area (Å²) in [6.07, 6.45) is 3.98. The van der Waals surface area contributed by atoms with Crippen LogP contribution < -0.4 is 4.89 Å². The van der Waals surface area contributed by atoms with Crippen molar-refractivity contribution in [2.24, 2.45) is 0 Å². The van der Waals surface area contributed by atoms with Gasteiger partial charge in [0.1, 0.15) is 0 Å². The van der Waals surface area contributed by atoms with Crippen LogP contribution in [0.3, 0.4) is 0 Å². The Hall–Kier alpha value is 0.0700. The average molecular weight is 325 g/mol. The predicted octanol–water partition coefficient (Wildman–Crippen LogP) is 3.58. The normalized spacial score (nSPS) is 12.0. The number of nitrogens with zero attached hydrogens (tertiary/aromatic N) is 1. The summed E-state index contributed by atoms with van der Waals surface area (Å²) in [5, 5.41) is 0. The van der Waals surface area contributed by atoms with Crippen molar-refractivity contribution in [3.05, 3.63) is 0 Å². The van der Waals surface area contributed by atoms with E-state index in [1.54, 1.807) is 13.8 Å². The van der Waals surface area contributed by atoms with Crippen LogP contribution in [-0.4, -0.2) is 43.9 Å². The first kappa shape index (κ1) is 23.3. The Labute approximate surface area is 131 Å². The van der Waals surface area contributed by atoms with Crippen molar-refractivity contribution < 1.29 is 23.0 Å². The van der Waals surface area contributed by atoms with E-state index in [1.165, 1.54) is 49.9 Å². The Bertz CT molecular complexity index is 247. The molecule has 0 saturated heterocycles. The minimum Gasteiger partial charge on any atom is -0.756 e. The first-order valence-electron chi connectivity index (χ1n) is 8.32. The molecule has 0 spiro atoms. The molecule has 0 aromatic carbocycles. The third kappa shape index (κ3) is 12.3. The van der Waals surface area contributed by atoms with Crippen molar-refractivity contribution in [1.29, 1.82) is 0 Å². The highest BCUT2D eigenvalue weighted by molar-refractivity contribution is 7.45. The molecule has 0 bridgehead atoms. The molecule has 0 amide bonds. The molecule has 0 heterocycles. The van der Waals surface area contributed by atoms with E-state index in [0.29, 0.717) is 0 Å². The van der Waals surface area contributed by atoms with Gasteiger partial charge in [-0.3, -0.25) is 4.57 Å². The molecule has 0 saturated carbocycles. The Kier molecular flexibility index (Phi) is 15.2. The summed E-state index contributed by atoms with van der Waals surface area (Å²) in [6.45, 7) is 18.1. The topological polar surface area (TPSA) is 58.6 Å². The zero-order valence-corrected chi connectivity index (χ0v) is 15.8. The van der Waals surface area contributed by atoms with E-state index in [1.807, 2.05) is 0 Å². The van der Waals surface area contributed by atoms with E-state index in [4.69, 9.17) is 0 Å². The lowest BCUT2D eigenvalue weighted by Gasteiger charge is -2.37. The predicted molar refractivity (Wildman–Crippen MR) is 87.1 cm³/mol. The van der Waals surface area contributed by atoms with Gasteiger partial charge in [-0.05, 0) is 40.0 Å². The monoisotopic (exact) mass is 325 g/mol. The molecule has 21 heavy (non-hydrogen) atoms. The van der Waals surface area contributed by atoms with Gasteiger partial charge in [-0.1, -0.05) is 20.8 Å². The van der Waals surface area contributed by atoms with Crippen LogP contribution in [0.4, 0.5) is 0 Å². The summed E-state index contributed by atoms with van der Waals surface area (Å²) in [7, 11) is -3.94. The fraction of sp³-hybridized carbons (Fsp3) is 1.00. The van der Waals surface area contributed by atoms with Gasteiger partial charge in [0, 0.05) is 0 Å².